The smallest absolute Gasteiger partial charge is 0.260 e. The van der Waals surface area contributed by atoms with Gasteiger partial charge in [-0.05, 0) is 12.0 Å². The summed E-state index contributed by atoms with van der Waals surface area (Å²) in [5, 5.41) is 0.527. The molecular formula is C14H17N3O2S2. The second kappa shape index (κ2) is 6.21. The van der Waals surface area contributed by atoms with Crippen molar-refractivity contribution in [3.05, 3.63) is 48.4 Å². The van der Waals surface area contributed by atoms with Crippen LogP contribution < -0.4 is 0 Å². The van der Waals surface area contributed by atoms with Crippen LogP contribution in [0, 0.1) is 0 Å². The first-order valence-electron chi connectivity index (χ1n) is 6.83. The van der Waals surface area contributed by atoms with Crippen LogP contribution in [0.2, 0.25) is 0 Å². The van der Waals surface area contributed by atoms with Gasteiger partial charge >= 0.3 is 0 Å². The van der Waals surface area contributed by atoms with Gasteiger partial charge in [-0.2, -0.15) is 16.1 Å². The van der Waals surface area contributed by atoms with E-state index in [0.717, 1.165) is 12.2 Å². The van der Waals surface area contributed by atoms with Crippen molar-refractivity contribution in [2.24, 2.45) is 0 Å². The van der Waals surface area contributed by atoms with Crippen LogP contribution in [0.4, 0.5) is 0 Å². The van der Waals surface area contributed by atoms with Crippen molar-refractivity contribution in [3.63, 3.8) is 0 Å². The molecule has 1 aromatic heterocycles. The number of sulfonamides is 1. The fraction of sp³-hybridized carbons (Fsp3) is 0.357. The number of aromatic amines is 1. The fourth-order valence-corrected chi connectivity index (χ4v) is 5.15. The zero-order valence-corrected chi connectivity index (χ0v) is 13.1. The van der Waals surface area contributed by atoms with Crippen molar-refractivity contribution < 1.29 is 8.42 Å². The normalized spacial score (nSPS) is 21.0. The first kappa shape index (κ1) is 14.6. The minimum Gasteiger partial charge on any atom is -0.335 e. The fourth-order valence-electron chi connectivity index (χ4n) is 2.45. The van der Waals surface area contributed by atoms with E-state index in [1.54, 1.807) is 4.31 Å². The van der Waals surface area contributed by atoms with E-state index in [0.29, 0.717) is 18.3 Å². The molecule has 1 N–H and O–H groups in total. The number of nitrogens with zero attached hydrogens (tertiary/aromatic N) is 2. The van der Waals surface area contributed by atoms with E-state index in [4.69, 9.17) is 0 Å². The minimum absolute atomic E-state index is 0.172. The lowest BCUT2D eigenvalue weighted by molar-refractivity contribution is 0.426. The van der Waals surface area contributed by atoms with Gasteiger partial charge in [0.1, 0.15) is 0 Å². The molecule has 112 valence electrons. The number of H-pyrrole nitrogens is 1. The van der Waals surface area contributed by atoms with E-state index in [1.807, 2.05) is 30.0 Å². The van der Waals surface area contributed by atoms with Gasteiger partial charge in [-0.15, -0.1) is 0 Å². The monoisotopic (exact) mass is 323 g/mol. The maximum atomic E-state index is 12.5. The molecule has 1 saturated heterocycles. The van der Waals surface area contributed by atoms with Crippen molar-refractivity contribution in [2.45, 2.75) is 16.7 Å². The Hall–Kier alpha value is -1.31. The predicted octanol–water partition coefficient (Wildman–Crippen LogP) is 2.28. The molecule has 0 amide bonds. The molecule has 1 aliphatic rings. The summed E-state index contributed by atoms with van der Waals surface area (Å²) >= 11 is 1.82. The van der Waals surface area contributed by atoms with E-state index in [-0.39, 0.29) is 5.03 Å². The second-order valence-electron chi connectivity index (χ2n) is 4.88. The van der Waals surface area contributed by atoms with Crippen LogP contribution in [0.1, 0.15) is 17.2 Å². The second-order valence-corrected chi connectivity index (χ2v) is 8.10. The van der Waals surface area contributed by atoms with Crippen molar-refractivity contribution >= 4 is 21.8 Å². The van der Waals surface area contributed by atoms with Crippen molar-refractivity contribution in [1.29, 1.82) is 0 Å². The number of benzene rings is 1. The summed E-state index contributed by atoms with van der Waals surface area (Å²) in [6.07, 6.45) is 3.58. The number of imidazole rings is 1. The van der Waals surface area contributed by atoms with Gasteiger partial charge in [0.25, 0.3) is 10.0 Å². The van der Waals surface area contributed by atoms with Gasteiger partial charge in [0.2, 0.25) is 0 Å². The van der Waals surface area contributed by atoms with Gasteiger partial charge in [-0.1, -0.05) is 30.3 Å². The summed E-state index contributed by atoms with van der Waals surface area (Å²) in [4.78, 5) is 6.49. The SMILES string of the molecule is O=S(=O)(c1cnc[nH]1)N1CCSC(c2ccccc2)CC1. The topological polar surface area (TPSA) is 66.1 Å². The number of hydrogen-bond acceptors (Lipinski definition) is 4. The first-order valence-corrected chi connectivity index (χ1v) is 9.32. The maximum absolute atomic E-state index is 12.5. The Morgan fingerprint density at radius 2 is 2.05 bits per heavy atom. The molecule has 2 aromatic rings. The molecule has 1 unspecified atom stereocenters. The molecule has 1 aromatic carbocycles. The lowest BCUT2D eigenvalue weighted by atomic mass is 10.1. The molecule has 21 heavy (non-hydrogen) atoms. The van der Waals surface area contributed by atoms with Crippen LogP contribution in [0.3, 0.4) is 0 Å². The van der Waals surface area contributed by atoms with E-state index in [2.05, 4.69) is 22.1 Å². The summed E-state index contributed by atoms with van der Waals surface area (Å²) in [7, 11) is -3.45. The number of thioether (sulfide) groups is 1. The van der Waals surface area contributed by atoms with Gasteiger partial charge in [0.05, 0.1) is 12.5 Å². The molecule has 1 fully saturated rings. The molecule has 0 aliphatic carbocycles. The molecule has 1 atom stereocenters. The molecule has 0 radical (unpaired) electrons. The van der Waals surface area contributed by atoms with Crippen molar-refractivity contribution in [1.82, 2.24) is 14.3 Å². The molecule has 0 spiro atoms. The van der Waals surface area contributed by atoms with E-state index >= 15 is 0 Å². The Kier molecular flexibility index (Phi) is 4.32. The maximum Gasteiger partial charge on any atom is 0.260 e. The molecule has 5 nitrogen and oxygen atoms in total. The molecule has 3 rings (SSSR count). The third-order valence-corrected chi connectivity index (χ3v) is 6.72. The van der Waals surface area contributed by atoms with Gasteiger partial charge in [-0.25, -0.2) is 13.4 Å². The van der Waals surface area contributed by atoms with E-state index < -0.39 is 10.0 Å². The predicted molar refractivity (Wildman–Crippen MR) is 83.6 cm³/mol. The zero-order chi connectivity index (χ0) is 14.7. The van der Waals surface area contributed by atoms with Crippen LogP contribution in [0.15, 0.2) is 47.9 Å². The number of nitrogens with one attached hydrogen (secondary N) is 1. The molecule has 7 heteroatoms. The molecule has 1 aliphatic heterocycles. The van der Waals surface area contributed by atoms with Gasteiger partial charge in [0, 0.05) is 24.1 Å². The van der Waals surface area contributed by atoms with Gasteiger partial charge in [-0.3, -0.25) is 0 Å². The average Bonchev–Trinajstić information content (AvgIpc) is 2.93. The Labute approximate surface area is 128 Å². The van der Waals surface area contributed by atoms with Crippen LogP contribution in [-0.4, -0.2) is 41.5 Å². The highest BCUT2D eigenvalue weighted by Gasteiger charge is 2.29. The van der Waals surface area contributed by atoms with Crippen molar-refractivity contribution in [2.75, 3.05) is 18.8 Å². The van der Waals surface area contributed by atoms with E-state index in [9.17, 15) is 8.42 Å². The molecule has 2 heterocycles. The zero-order valence-electron chi connectivity index (χ0n) is 11.5. The Balaban J connectivity index is 1.75. The standard InChI is InChI=1S/C14H17N3O2S2/c18-21(19,14-10-15-11-16-14)17-7-6-13(20-9-8-17)12-4-2-1-3-5-12/h1-5,10-11,13H,6-9H2,(H,15,16). The largest absolute Gasteiger partial charge is 0.335 e. The number of rotatable bonds is 3. The Morgan fingerprint density at radius 1 is 1.24 bits per heavy atom. The van der Waals surface area contributed by atoms with Crippen LogP contribution >= 0.6 is 11.8 Å². The molecule has 0 saturated carbocycles. The highest BCUT2D eigenvalue weighted by molar-refractivity contribution is 7.99. The Bertz CT molecular complexity index is 672. The number of hydrogen-bond donors (Lipinski definition) is 1. The van der Waals surface area contributed by atoms with E-state index in [1.165, 1.54) is 18.1 Å². The van der Waals surface area contributed by atoms with Crippen molar-refractivity contribution in [3.8, 4) is 0 Å². The van der Waals surface area contributed by atoms with Crippen LogP contribution in [0.5, 0.6) is 0 Å². The summed E-state index contributed by atoms with van der Waals surface area (Å²) in [6, 6.07) is 10.3. The third-order valence-electron chi connectivity index (χ3n) is 3.56. The first-order chi connectivity index (χ1) is 10.2. The van der Waals surface area contributed by atoms with Gasteiger partial charge in [0.15, 0.2) is 5.03 Å². The Morgan fingerprint density at radius 3 is 2.76 bits per heavy atom. The highest BCUT2D eigenvalue weighted by atomic mass is 32.2. The van der Waals surface area contributed by atoms with Crippen LogP contribution in [-0.2, 0) is 10.0 Å². The summed E-state index contributed by atoms with van der Waals surface area (Å²) in [6.45, 7) is 1.07. The lowest BCUT2D eigenvalue weighted by Gasteiger charge is -2.18. The number of aromatic nitrogens is 2. The summed E-state index contributed by atoms with van der Waals surface area (Å²) in [5.74, 6) is 0.799. The highest BCUT2D eigenvalue weighted by Crippen LogP contribution is 2.35. The summed E-state index contributed by atoms with van der Waals surface area (Å²) < 4.78 is 26.5. The minimum atomic E-state index is -3.45. The molecule has 0 bridgehead atoms. The average molecular weight is 323 g/mol. The van der Waals surface area contributed by atoms with Gasteiger partial charge < -0.3 is 4.98 Å². The molecular weight excluding hydrogens is 306 g/mol. The lowest BCUT2D eigenvalue weighted by Crippen LogP contribution is -2.33. The van der Waals surface area contributed by atoms with Crippen LogP contribution in [0.25, 0.3) is 0 Å². The quantitative estimate of drug-likeness (QED) is 0.941. The summed E-state index contributed by atoms with van der Waals surface area (Å²) in [5.41, 5.74) is 1.27. The third kappa shape index (κ3) is 3.14.